The van der Waals surface area contributed by atoms with E-state index in [1.54, 1.807) is 7.11 Å². The Hall–Kier alpha value is -1.63. The second kappa shape index (κ2) is 7.58. The van der Waals surface area contributed by atoms with Gasteiger partial charge in [0, 0.05) is 25.2 Å². The fourth-order valence-electron chi connectivity index (χ4n) is 2.53. The molecule has 2 heterocycles. The number of rotatable bonds is 4. The van der Waals surface area contributed by atoms with Crippen LogP contribution in [0.15, 0.2) is 6.07 Å². The molecule has 1 aliphatic heterocycles. The number of methoxy groups -OCH3 is 1. The van der Waals surface area contributed by atoms with Crippen molar-refractivity contribution in [3.63, 3.8) is 0 Å². The van der Waals surface area contributed by atoms with Gasteiger partial charge in [0.25, 0.3) is 0 Å². The minimum Gasteiger partial charge on any atom is -0.481 e. The molecule has 22 heavy (non-hydrogen) atoms. The van der Waals surface area contributed by atoms with E-state index in [9.17, 15) is 0 Å². The number of hydrogen-bond acceptors (Lipinski definition) is 5. The molecule has 7 heteroatoms. The predicted octanol–water partition coefficient (Wildman–Crippen LogP) is 2.42. The van der Waals surface area contributed by atoms with Crippen LogP contribution in [0.1, 0.15) is 33.6 Å². The van der Waals surface area contributed by atoms with Crippen LogP contribution in [0.2, 0.25) is 0 Å². The summed E-state index contributed by atoms with van der Waals surface area (Å²) in [4.78, 5) is 11.2. The monoisotopic (exact) mass is 323 g/mol. The molecule has 2 N–H and O–H groups in total. The first-order valence-electron chi connectivity index (χ1n) is 7.73. The van der Waals surface area contributed by atoms with Crippen molar-refractivity contribution < 1.29 is 4.74 Å². The molecular formula is C15H25N5OS. The van der Waals surface area contributed by atoms with Crippen LogP contribution in [0.4, 0.5) is 11.8 Å². The van der Waals surface area contributed by atoms with Gasteiger partial charge in [-0.3, -0.25) is 0 Å². The smallest absolute Gasteiger partial charge is 0.234 e. The highest BCUT2D eigenvalue weighted by Gasteiger charge is 2.19. The van der Waals surface area contributed by atoms with Crippen molar-refractivity contribution in [2.75, 3.05) is 30.4 Å². The summed E-state index contributed by atoms with van der Waals surface area (Å²) < 4.78 is 5.29. The van der Waals surface area contributed by atoms with Crippen LogP contribution in [0.25, 0.3) is 0 Å². The number of nitrogens with zero attached hydrogens (tertiary/aromatic N) is 3. The Kier molecular flexibility index (Phi) is 5.76. The average Bonchev–Trinajstić information content (AvgIpc) is 2.45. The maximum atomic E-state index is 5.29. The molecule has 2 rings (SSSR count). The maximum Gasteiger partial charge on any atom is 0.234 e. The zero-order valence-electron chi connectivity index (χ0n) is 13.7. The molecule has 0 amide bonds. The van der Waals surface area contributed by atoms with Crippen LogP contribution < -0.4 is 20.3 Å². The van der Waals surface area contributed by atoms with Gasteiger partial charge in [0.2, 0.25) is 11.8 Å². The Labute approximate surface area is 137 Å². The first-order valence-corrected chi connectivity index (χ1v) is 8.14. The van der Waals surface area contributed by atoms with Crippen molar-refractivity contribution in [3.05, 3.63) is 6.07 Å². The molecule has 1 fully saturated rings. The Morgan fingerprint density at radius 2 is 2.23 bits per heavy atom. The molecule has 0 unspecified atom stereocenters. The second-order valence-electron chi connectivity index (χ2n) is 6.04. The predicted molar refractivity (Wildman–Crippen MR) is 93.7 cm³/mol. The second-order valence-corrected chi connectivity index (χ2v) is 6.45. The molecule has 0 aliphatic carbocycles. The van der Waals surface area contributed by atoms with Gasteiger partial charge in [-0.2, -0.15) is 9.97 Å². The molecule has 0 bridgehead atoms. The van der Waals surface area contributed by atoms with Crippen LogP contribution >= 0.6 is 12.2 Å². The van der Waals surface area contributed by atoms with E-state index in [4.69, 9.17) is 17.0 Å². The largest absolute Gasteiger partial charge is 0.481 e. The lowest BCUT2D eigenvalue weighted by Crippen LogP contribution is -2.36. The fraction of sp³-hybridized carbons (Fsp3) is 0.667. The topological polar surface area (TPSA) is 62.3 Å². The number of nitrogens with one attached hydrogen (secondary N) is 2. The molecule has 122 valence electrons. The van der Waals surface area contributed by atoms with Gasteiger partial charge < -0.3 is 20.3 Å². The minimum atomic E-state index is 0.257. The number of thiocarbonyl (C=S) groups is 1. The molecule has 0 spiro atoms. The molecule has 0 aromatic carbocycles. The first kappa shape index (κ1) is 16.7. The van der Waals surface area contributed by atoms with Crippen molar-refractivity contribution in [2.45, 2.75) is 39.7 Å². The van der Waals surface area contributed by atoms with Gasteiger partial charge in [-0.15, -0.1) is 0 Å². The summed E-state index contributed by atoms with van der Waals surface area (Å²) in [5, 5.41) is 6.67. The SMILES string of the molecule is COc1cc(N2CCC[C@@H](C)C2)nc(NC(=S)NC(C)C)n1. The quantitative estimate of drug-likeness (QED) is 0.825. The summed E-state index contributed by atoms with van der Waals surface area (Å²) in [7, 11) is 1.61. The van der Waals surface area contributed by atoms with Gasteiger partial charge in [0.15, 0.2) is 5.11 Å². The molecule has 1 aliphatic rings. The number of anilines is 2. The van der Waals surface area contributed by atoms with Crippen molar-refractivity contribution in [1.29, 1.82) is 0 Å². The van der Waals surface area contributed by atoms with Crippen molar-refractivity contribution >= 4 is 29.1 Å². The molecule has 0 saturated carbocycles. The fourth-order valence-corrected chi connectivity index (χ4v) is 2.86. The Balaban J connectivity index is 2.16. The summed E-state index contributed by atoms with van der Waals surface area (Å²) in [6, 6.07) is 2.13. The lowest BCUT2D eigenvalue weighted by Gasteiger charge is -2.32. The molecule has 1 atom stereocenters. The number of piperidine rings is 1. The standard InChI is InChI=1S/C15H25N5OS/c1-10(2)16-15(22)19-14-17-12(8-13(18-14)21-4)20-7-5-6-11(3)9-20/h8,10-11H,5-7,9H2,1-4H3,(H2,16,17,18,19,22)/t11-/m1/s1. The van der Waals surface area contributed by atoms with Gasteiger partial charge in [0.05, 0.1) is 7.11 Å². The van der Waals surface area contributed by atoms with Gasteiger partial charge in [-0.05, 0) is 44.8 Å². The molecule has 1 saturated heterocycles. The highest BCUT2D eigenvalue weighted by Crippen LogP contribution is 2.24. The summed E-state index contributed by atoms with van der Waals surface area (Å²) in [5.74, 6) is 2.56. The lowest BCUT2D eigenvalue weighted by molar-refractivity contribution is 0.396. The first-order chi connectivity index (χ1) is 10.5. The molecule has 1 aromatic heterocycles. The van der Waals surface area contributed by atoms with Gasteiger partial charge in [-0.25, -0.2) is 0 Å². The molecular weight excluding hydrogens is 298 g/mol. The third-order valence-electron chi connectivity index (χ3n) is 3.52. The van der Waals surface area contributed by atoms with E-state index >= 15 is 0 Å². The Morgan fingerprint density at radius 3 is 2.86 bits per heavy atom. The summed E-state index contributed by atoms with van der Waals surface area (Å²) in [6.45, 7) is 8.35. The lowest BCUT2D eigenvalue weighted by atomic mass is 10.0. The zero-order valence-corrected chi connectivity index (χ0v) is 14.5. The van der Waals surface area contributed by atoms with E-state index in [-0.39, 0.29) is 6.04 Å². The van der Waals surface area contributed by atoms with Crippen molar-refractivity contribution in [2.24, 2.45) is 5.92 Å². The van der Waals surface area contributed by atoms with Crippen molar-refractivity contribution in [3.8, 4) is 5.88 Å². The van der Waals surface area contributed by atoms with Crippen LogP contribution in [0.5, 0.6) is 5.88 Å². The highest BCUT2D eigenvalue weighted by molar-refractivity contribution is 7.80. The summed E-state index contributed by atoms with van der Waals surface area (Å²) >= 11 is 5.25. The van der Waals surface area contributed by atoms with E-state index in [0.29, 0.717) is 22.9 Å². The van der Waals surface area contributed by atoms with E-state index in [1.807, 2.05) is 19.9 Å². The summed E-state index contributed by atoms with van der Waals surface area (Å²) in [6.07, 6.45) is 2.45. The van der Waals surface area contributed by atoms with Gasteiger partial charge in [0.1, 0.15) is 5.82 Å². The Morgan fingerprint density at radius 1 is 1.45 bits per heavy atom. The average molecular weight is 323 g/mol. The number of hydrogen-bond donors (Lipinski definition) is 2. The van der Waals surface area contributed by atoms with E-state index in [1.165, 1.54) is 12.8 Å². The number of aromatic nitrogens is 2. The minimum absolute atomic E-state index is 0.257. The van der Waals surface area contributed by atoms with E-state index in [0.717, 1.165) is 18.9 Å². The van der Waals surface area contributed by atoms with E-state index < -0.39 is 0 Å². The maximum absolute atomic E-state index is 5.29. The molecule has 0 radical (unpaired) electrons. The Bertz CT molecular complexity index is 523. The van der Waals surface area contributed by atoms with Crippen LogP contribution in [0, 0.1) is 5.92 Å². The van der Waals surface area contributed by atoms with Gasteiger partial charge >= 0.3 is 0 Å². The molecule has 6 nitrogen and oxygen atoms in total. The van der Waals surface area contributed by atoms with Crippen molar-refractivity contribution in [1.82, 2.24) is 15.3 Å². The molecule has 1 aromatic rings. The highest BCUT2D eigenvalue weighted by atomic mass is 32.1. The van der Waals surface area contributed by atoms with Crippen LogP contribution in [-0.4, -0.2) is 41.3 Å². The van der Waals surface area contributed by atoms with E-state index in [2.05, 4.69) is 32.4 Å². The van der Waals surface area contributed by atoms with Gasteiger partial charge in [-0.1, -0.05) is 6.92 Å². The third kappa shape index (κ3) is 4.69. The summed E-state index contributed by atoms with van der Waals surface area (Å²) in [5.41, 5.74) is 0. The van der Waals surface area contributed by atoms with Crippen LogP contribution in [-0.2, 0) is 0 Å². The zero-order chi connectivity index (χ0) is 16.1. The third-order valence-corrected chi connectivity index (χ3v) is 3.74. The normalized spacial score (nSPS) is 18.2. The number of ether oxygens (including phenoxy) is 1. The van der Waals surface area contributed by atoms with Crippen LogP contribution in [0.3, 0.4) is 0 Å².